The van der Waals surface area contributed by atoms with Gasteiger partial charge in [0.1, 0.15) is 5.82 Å². The molecule has 13 heavy (non-hydrogen) atoms. The maximum absolute atomic E-state index is 11.5. The third-order valence-corrected chi connectivity index (χ3v) is 2.00. The fourth-order valence-electron chi connectivity index (χ4n) is 1.27. The lowest BCUT2D eigenvalue weighted by molar-refractivity contribution is 0.842. The Hall–Kier alpha value is -1.16. The molecule has 0 aromatic carbocycles. The Morgan fingerprint density at radius 3 is 2.69 bits per heavy atom. The van der Waals surface area contributed by atoms with Crippen LogP contribution in [0, 0.1) is 6.92 Å². The van der Waals surface area contributed by atoms with Crippen LogP contribution in [0.5, 0.6) is 0 Å². The summed E-state index contributed by atoms with van der Waals surface area (Å²) in [6.07, 6.45) is 1.34. The van der Waals surface area contributed by atoms with Gasteiger partial charge in [0.05, 0.1) is 0 Å². The molecule has 1 aromatic rings. The van der Waals surface area contributed by atoms with Crippen LogP contribution >= 0.6 is 0 Å². The zero-order valence-corrected chi connectivity index (χ0v) is 8.05. The van der Waals surface area contributed by atoms with E-state index < -0.39 is 0 Å². The van der Waals surface area contributed by atoms with E-state index in [1.807, 2.05) is 13.8 Å². The Labute approximate surface area is 77.2 Å². The zero-order chi connectivity index (χ0) is 9.84. The molecule has 0 bridgehead atoms. The number of rotatable bonds is 3. The van der Waals surface area contributed by atoms with Gasteiger partial charge in [-0.15, -0.1) is 0 Å². The van der Waals surface area contributed by atoms with Gasteiger partial charge in [-0.3, -0.25) is 4.79 Å². The molecule has 0 amide bonds. The number of hydrogen-bond donors (Lipinski definition) is 2. The van der Waals surface area contributed by atoms with Gasteiger partial charge in [-0.1, -0.05) is 6.92 Å². The molecular formula is C9H15N3O. The van der Waals surface area contributed by atoms with Crippen LogP contribution in [0.1, 0.15) is 24.0 Å². The van der Waals surface area contributed by atoms with E-state index in [0.717, 1.165) is 17.9 Å². The fourth-order valence-corrected chi connectivity index (χ4v) is 1.27. The average Bonchev–Trinajstić information content (AvgIpc) is 2.11. The summed E-state index contributed by atoms with van der Waals surface area (Å²) in [6.45, 7) is 4.29. The molecule has 0 unspecified atom stereocenters. The van der Waals surface area contributed by atoms with Gasteiger partial charge in [-0.05, 0) is 19.9 Å². The van der Waals surface area contributed by atoms with Crippen LogP contribution in [-0.4, -0.2) is 16.5 Å². The molecule has 0 spiro atoms. The lowest BCUT2D eigenvalue weighted by atomic mass is 10.1. The second-order valence-electron chi connectivity index (χ2n) is 2.97. The minimum atomic E-state index is -0.0465. The molecule has 0 aliphatic rings. The normalized spacial score (nSPS) is 10.4. The minimum Gasteiger partial charge on any atom is -0.330 e. The van der Waals surface area contributed by atoms with Crippen molar-refractivity contribution in [1.82, 2.24) is 9.97 Å². The third kappa shape index (κ3) is 2.15. The highest BCUT2D eigenvalue weighted by Gasteiger charge is 2.05. The van der Waals surface area contributed by atoms with Gasteiger partial charge in [-0.25, -0.2) is 4.98 Å². The number of aryl methyl sites for hydroxylation is 2. The first-order chi connectivity index (χ1) is 6.19. The molecular weight excluding hydrogens is 166 g/mol. The summed E-state index contributed by atoms with van der Waals surface area (Å²) < 4.78 is 0. The summed E-state index contributed by atoms with van der Waals surface area (Å²) in [4.78, 5) is 18.4. The first kappa shape index (κ1) is 9.92. The number of hydrogen-bond acceptors (Lipinski definition) is 3. The average molecular weight is 181 g/mol. The van der Waals surface area contributed by atoms with Crippen LogP contribution in [-0.2, 0) is 12.8 Å². The van der Waals surface area contributed by atoms with Crippen molar-refractivity contribution >= 4 is 0 Å². The smallest absolute Gasteiger partial charge is 0.254 e. The van der Waals surface area contributed by atoms with Gasteiger partial charge in [0.15, 0.2) is 0 Å². The molecule has 0 saturated carbocycles. The number of nitrogens with one attached hydrogen (secondary N) is 1. The Morgan fingerprint density at radius 1 is 1.54 bits per heavy atom. The molecule has 1 rings (SSSR count). The SMILES string of the molecule is CCc1nc(C)c(CCN)c(=O)[nH]1. The monoisotopic (exact) mass is 181 g/mol. The van der Waals surface area contributed by atoms with Crippen molar-refractivity contribution in [3.8, 4) is 0 Å². The fraction of sp³-hybridized carbons (Fsp3) is 0.556. The van der Waals surface area contributed by atoms with E-state index >= 15 is 0 Å². The number of aromatic nitrogens is 2. The van der Waals surface area contributed by atoms with Gasteiger partial charge < -0.3 is 10.7 Å². The number of nitrogens with two attached hydrogens (primary N) is 1. The zero-order valence-electron chi connectivity index (χ0n) is 8.05. The molecule has 4 nitrogen and oxygen atoms in total. The van der Waals surface area contributed by atoms with Crippen LogP contribution in [0.25, 0.3) is 0 Å². The number of nitrogens with zero attached hydrogens (tertiary/aromatic N) is 1. The van der Waals surface area contributed by atoms with Gasteiger partial charge in [-0.2, -0.15) is 0 Å². The second-order valence-corrected chi connectivity index (χ2v) is 2.97. The van der Waals surface area contributed by atoms with Gasteiger partial charge >= 0.3 is 0 Å². The Balaban J connectivity index is 3.15. The molecule has 1 heterocycles. The minimum absolute atomic E-state index is 0.0465. The number of H-pyrrole nitrogens is 1. The first-order valence-corrected chi connectivity index (χ1v) is 4.47. The standard InChI is InChI=1S/C9H15N3O/c1-3-8-11-6(2)7(4-5-10)9(13)12-8/h3-5,10H2,1-2H3,(H,11,12,13). The van der Waals surface area contributed by atoms with E-state index in [4.69, 9.17) is 5.73 Å². The predicted molar refractivity (Wildman–Crippen MR) is 51.7 cm³/mol. The van der Waals surface area contributed by atoms with E-state index in [-0.39, 0.29) is 5.56 Å². The number of aromatic amines is 1. The Kier molecular flexibility index (Phi) is 3.19. The lowest BCUT2D eigenvalue weighted by Gasteiger charge is -2.04. The van der Waals surface area contributed by atoms with Crippen molar-refractivity contribution in [1.29, 1.82) is 0 Å². The summed E-state index contributed by atoms with van der Waals surface area (Å²) >= 11 is 0. The maximum Gasteiger partial charge on any atom is 0.254 e. The predicted octanol–water partition coefficient (Wildman–Crippen LogP) is 0.142. The molecule has 0 aliphatic heterocycles. The Morgan fingerprint density at radius 2 is 2.23 bits per heavy atom. The van der Waals surface area contributed by atoms with Crippen LogP contribution in [0.15, 0.2) is 4.79 Å². The van der Waals surface area contributed by atoms with Crippen LogP contribution < -0.4 is 11.3 Å². The van der Waals surface area contributed by atoms with Crippen molar-refractivity contribution in [2.45, 2.75) is 26.7 Å². The summed E-state index contributed by atoms with van der Waals surface area (Å²) in [7, 11) is 0. The molecule has 0 radical (unpaired) electrons. The Bertz CT molecular complexity index is 343. The summed E-state index contributed by atoms with van der Waals surface area (Å²) in [5, 5.41) is 0. The van der Waals surface area contributed by atoms with E-state index in [0.29, 0.717) is 18.5 Å². The van der Waals surface area contributed by atoms with Crippen LogP contribution in [0.4, 0.5) is 0 Å². The largest absolute Gasteiger partial charge is 0.330 e. The molecule has 0 fully saturated rings. The van der Waals surface area contributed by atoms with Gasteiger partial charge in [0, 0.05) is 17.7 Å². The second kappa shape index (κ2) is 4.18. The van der Waals surface area contributed by atoms with E-state index in [1.165, 1.54) is 0 Å². The van der Waals surface area contributed by atoms with Crippen molar-refractivity contribution in [3.05, 3.63) is 27.4 Å². The molecule has 0 atom stereocenters. The molecule has 1 aromatic heterocycles. The highest BCUT2D eigenvalue weighted by Crippen LogP contribution is 1.99. The molecule has 0 saturated heterocycles. The molecule has 3 N–H and O–H groups in total. The van der Waals surface area contributed by atoms with Gasteiger partial charge in [0.2, 0.25) is 0 Å². The van der Waals surface area contributed by atoms with Crippen molar-refractivity contribution in [2.75, 3.05) is 6.54 Å². The highest BCUT2D eigenvalue weighted by molar-refractivity contribution is 5.16. The maximum atomic E-state index is 11.5. The van der Waals surface area contributed by atoms with Crippen molar-refractivity contribution in [2.24, 2.45) is 5.73 Å². The molecule has 0 aliphatic carbocycles. The third-order valence-electron chi connectivity index (χ3n) is 2.00. The summed E-state index contributed by atoms with van der Waals surface area (Å²) in [5.41, 5.74) is 6.85. The van der Waals surface area contributed by atoms with Crippen molar-refractivity contribution < 1.29 is 0 Å². The topological polar surface area (TPSA) is 71.8 Å². The van der Waals surface area contributed by atoms with Crippen LogP contribution in [0.3, 0.4) is 0 Å². The van der Waals surface area contributed by atoms with E-state index in [9.17, 15) is 4.79 Å². The summed E-state index contributed by atoms with van der Waals surface area (Å²) in [5.74, 6) is 0.739. The van der Waals surface area contributed by atoms with Crippen molar-refractivity contribution in [3.63, 3.8) is 0 Å². The van der Waals surface area contributed by atoms with Crippen LogP contribution in [0.2, 0.25) is 0 Å². The molecule has 4 heteroatoms. The van der Waals surface area contributed by atoms with Gasteiger partial charge in [0.25, 0.3) is 5.56 Å². The van der Waals surface area contributed by atoms with E-state index in [2.05, 4.69) is 9.97 Å². The van der Waals surface area contributed by atoms with E-state index in [1.54, 1.807) is 0 Å². The quantitative estimate of drug-likeness (QED) is 0.696. The highest BCUT2D eigenvalue weighted by atomic mass is 16.1. The summed E-state index contributed by atoms with van der Waals surface area (Å²) in [6, 6.07) is 0. The molecule has 72 valence electrons. The first-order valence-electron chi connectivity index (χ1n) is 4.47. The lowest BCUT2D eigenvalue weighted by Crippen LogP contribution is -2.21.